The molecular weight excluding hydrogens is 293 g/mol. The summed E-state index contributed by atoms with van der Waals surface area (Å²) in [7, 11) is 4.31. The molecule has 1 aliphatic rings. The fourth-order valence-corrected chi connectivity index (χ4v) is 3.38. The summed E-state index contributed by atoms with van der Waals surface area (Å²) >= 11 is 12.5. The van der Waals surface area contributed by atoms with Crippen LogP contribution in [0.25, 0.3) is 0 Å². The van der Waals surface area contributed by atoms with E-state index in [9.17, 15) is 0 Å². The van der Waals surface area contributed by atoms with Crippen molar-refractivity contribution >= 4 is 23.2 Å². The van der Waals surface area contributed by atoms with Gasteiger partial charge in [0.05, 0.1) is 10.0 Å². The molecule has 1 unspecified atom stereocenters. The maximum absolute atomic E-state index is 6.35. The number of benzene rings is 1. The van der Waals surface area contributed by atoms with Crippen LogP contribution in [0.2, 0.25) is 10.0 Å². The lowest BCUT2D eigenvalue weighted by molar-refractivity contribution is 0.109. The highest BCUT2D eigenvalue weighted by atomic mass is 35.5. The second-order valence-corrected chi connectivity index (χ2v) is 6.38. The van der Waals surface area contributed by atoms with Crippen LogP contribution in [-0.2, 0) is 0 Å². The molecule has 0 spiro atoms. The Kier molecular flexibility index (Phi) is 5.70. The predicted molar refractivity (Wildman–Crippen MR) is 86.5 cm³/mol. The monoisotopic (exact) mass is 315 g/mol. The molecule has 1 aliphatic heterocycles. The van der Waals surface area contributed by atoms with E-state index in [1.165, 1.54) is 12.8 Å². The molecule has 112 valence electrons. The van der Waals surface area contributed by atoms with Crippen molar-refractivity contribution in [3.8, 4) is 0 Å². The third-order valence-corrected chi connectivity index (χ3v) is 5.15. The molecule has 0 radical (unpaired) electrons. The second kappa shape index (κ2) is 7.10. The van der Waals surface area contributed by atoms with E-state index in [2.05, 4.69) is 23.9 Å². The number of likely N-dealkylation sites (tertiary alicyclic amines) is 1. The Hall–Kier alpha value is -0.320. The number of hydrogen-bond donors (Lipinski definition) is 1. The van der Waals surface area contributed by atoms with E-state index >= 15 is 0 Å². The molecule has 1 fully saturated rings. The van der Waals surface area contributed by atoms with E-state index in [1.807, 2.05) is 18.2 Å². The average molecular weight is 316 g/mol. The Labute approximate surface area is 131 Å². The summed E-state index contributed by atoms with van der Waals surface area (Å²) in [5.41, 5.74) is 7.04. The van der Waals surface area contributed by atoms with Gasteiger partial charge in [-0.05, 0) is 51.7 Å². The predicted octanol–water partition coefficient (Wildman–Crippen LogP) is 3.02. The van der Waals surface area contributed by atoms with Gasteiger partial charge in [0.1, 0.15) is 0 Å². The van der Waals surface area contributed by atoms with Crippen molar-refractivity contribution in [3.05, 3.63) is 33.8 Å². The molecular formula is C15H23Cl2N3. The minimum Gasteiger partial charge on any atom is -0.329 e. The van der Waals surface area contributed by atoms with Gasteiger partial charge in [0.15, 0.2) is 0 Å². The van der Waals surface area contributed by atoms with Crippen molar-refractivity contribution in [2.24, 2.45) is 5.73 Å². The first-order valence-corrected chi connectivity index (χ1v) is 7.84. The van der Waals surface area contributed by atoms with Crippen LogP contribution >= 0.6 is 23.2 Å². The molecule has 0 amide bonds. The summed E-state index contributed by atoms with van der Waals surface area (Å²) in [5.74, 6) is 0. The molecule has 2 N–H and O–H groups in total. The molecule has 0 aliphatic carbocycles. The first-order valence-electron chi connectivity index (χ1n) is 7.09. The maximum Gasteiger partial charge on any atom is 0.0640 e. The molecule has 1 atom stereocenters. The largest absolute Gasteiger partial charge is 0.329 e. The molecule has 0 saturated carbocycles. The van der Waals surface area contributed by atoms with Gasteiger partial charge in [-0.2, -0.15) is 0 Å². The highest BCUT2D eigenvalue weighted by molar-refractivity contribution is 6.42. The fraction of sp³-hybridized carbons (Fsp3) is 0.600. The molecule has 1 aromatic carbocycles. The molecule has 5 heteroatoms. The van der Waals surface area contributed by atoms with Gasteiger partial charge in [0.2, 0.25) is 0 Å². The Morgan fingerprint density at radius 1 is 1.35 bits per heavy atom. The van der Waals surface area contributed by atoms with E-state index in [1.54, 1.807) is 0 Å². The van der Waals surface area contributed by atoms with Gasteiger partial charge >= 0.3 is 0 Å². The molecule has 1 saturated heterocycles. The van der Waals surface area contributed by atoms with Crippen LogP contribution in [0.15, 0.2) is 18.2 Å². The lowest BCUT2D eigenvalue weighted by atomic mass is 9.98. The number of piperidine rings is 1. The Bertz CT molecular complexity index is 445. The summed E-state index contributed by atoms with van der Waals surface area (Å²) in [5, 5.41) is 1.23. The number of rotatable bonds is 4. The SMILES string of the molecule is CN1CCC(N(C)C(CN)c2cccc(Cl)c2Cl)CC1. The van der Waals surface area contributed by atoms with Crippen LogP contribution in [0.4, 0.5) is 0 Å². The van der Waals surface area contributed by atoms with Gasteiger partial charge in [-0.25, -0.2) is 0 Å². The van der Waals surface area contributed by atoms with Gasteiger partial charge < -0.3 is 10.6 Å². The summed E-state index contributed by atoms with van der Waals surface area (Å²) in [6.07, 6.45) is 2.34. The van der Waals surface area contributed by atoms with Crippen molar-refractivity contribution in [3.63, 3.8) is 0 Å². The molecule has 2 rings (SSSR count). The van der Waals surface area contributed by atoms with Gasteiger partial charge in [0.25, 0.3) is 0 Å². The zero-order valence-electron chi connectivity index (χ0n) is 12.1. The summed E-state index contributed by atoms with van der Waals surface area (Å²) < 4.78 is 0. The van der Waals surface area contributed by atoms with E-state index in [-0.39, 0.29) is 6.04 Å². The zero-order valence-corrected chi connectivity index (χ0v) is 13.7. The smallest absolute Gasteiger partial charge is 0.0640 e. The molecule has 1 aromatic rings. The van der Waals surface area contributed by atoms with Crippen molar-refractivity contribution in [2.45, 2.75) is 24.9 Å². The maximum atomic E-state index is 6.35. The van der Waals surface area contributed by atoms with Crippen molar-refractivity contribution < 1.29 is 0 Å². The lowest BCUT2D eigenvalue weighted by Crippen LogP contribution is -2.45. The molecule has 20 heavy (non-hydrogen) atoms. The number of likely N-dealkylation sites (N-methyl/N-ethyl adjacent to an activating group) is 1. The quantitative estimate of drug-likeness (QED) is 0.927. The number of nitrogens with two attached hydrogens (primary N) is 1. The number of hydrogen-bond acceptors (Lipinski definition) is 3. The summed E-state index contributed by atoms with van der Waals surface area (Å²) in [4.78, 5) is 4.73. The number of halogens is 2. The Morgan fingerprint density at radius 3 is 2.60 bits per heavy atom. The van der Waals surface area contributed by atoms with Crippen molar-refractivity contribution in [1.82, 2.24) is 9.80 Å². The Morgan fingerprint density at radius 2 is 2.00 bits per heavy atom. The van der Waals surface area contributed by atoms with Crippen LogP contribution in [0.5, 0.6) is 0 Å². The van der Waals surface area contributed by atoms with E-state index in [0.717, 1.165) is 18.7 Å². The Balaban J connectivity index is 2.17. The minimum absolute atomic E-state index is 0.120. The molecule has 0 aromatic heterocycles. The van der Waals surface area contributed by atoms with E-state index in [0.29, 0.717) is 22.6 Å². The zero-order chi connectivity index (χ0) is 14.7. The van der Waals surface area contributed by atoms with E-state index in [4.69, 9.17) is 28.9 Å². The van der Waals surface area contributed by atoms with Gasteiger partial charge in [-0.3, -0.25) is 4.90 Å². The van der Waals surface area contributed by atoms with Gasteiger partial charge in [0, 0.05) is 18.6 Å². The summed E-state index contributed by atoms with van der Waals surface area (Å²) in [6.45, 7) is 2.81. The first-order chi connectivity index (χ1) is 9.54. The third kappa shape index (κ3) is 3.46. The lowest BCUT2D eigenvalue weighted by Gasteiger charge is -2.39. The van der Waals surface area contributed by atoms with E-state index < -0.39 is 0 Å². The van der Waals surface area contributed by atoms with Gasteiger partial charge in [-0.1, -0.05) is 35.3 Å². The van der Waals surface area contributed by atoms with Crippen LogP contribution < -0.4 is 5.73 Å². The fourth-order valence-electron chi connectivity index (χ4n) is 2.95. The van der Waals surface area contributed by atoms with Gasteiger partial charge in [-0.15, -0.1) is 0 Å². The molecule has 3 nitrogen and oxygen atoms in total. The van der Waals surface area contributed by atoms with Crippen molar-refractivity contribution in [2.75, 3.05) is 33.7 Å². The van der Waals surface area contributed by atoms with Crippen LogP contribution in [-0.4, -0.2) is 49.6 Å². The normalized spacial score (nSPS) is 19.5. The van der Waals surface area contributed by atoms with Crippen LogP contribution in [0.1, 0.15) is 24.4 Å². The highest BCUT2D eigenvalue weighted by Gasteiger charge is 2.27. The topological polar surface area (TPSA) is 32.5 Å². The minimum atomic E-state index is 0.120. The molecule has 0 bridgehead atoms. The van der Waals surface area contributed by atoms with Crippen LogP contribution in [0.3, 0.4) is 0 Å². The third-order valence-electron chi connectivity index (χ3n) is 4.32. The van der Waals surface area contributed by atoms with Crippen LogP contribution in [0, 0.1) is 0 Å². The number of nitrogens with zero attached hydrogens (tertiary/aromatic N) is 2. The first kappa shape index (κ1) is 16.1. The van der Waals surface area contributed by atoms with Crippen molar-refractivity contribution in [1.29, 1.82) is 0 Å². The second-order valence-electron chi connectivity index (χ2n) is 5.59. The standard InChI is InChI=1S/C15H23Cl2N3/c1-19-8-6-11(7-9-19)20(2)14(10-18)12-4-3-5-13(16)15(12)17/h3-5,11,14H,6-10,18H2,1-2H3. The summed E-state index contributed by atoms with van der Waals surface area (Å²) in [6, 6.07) is 6.45. The molecule has 1 heterocycles. The average Bonchev–Trinajstić information content (AvgIpc) is 2.45. The highest BCUT2D eigenvalue weighted by Crippen LogP contribution is 2.33.